The number of pyridine rings is 1. The van der Waals surface area contributed by atoms with Gasteiger partial charge in [-0.2, -0.15) is 0 Å². The van der Waals surface area contributed by atoms with Gasteiger partial charge in [-0.15, -0.1) is 0 Å². The molecule has 2 fully saturated rings. The minimum Gasteiger partial charge on any atom is -0.354 e. The molecule has 3 aromatic rings. The number of alkyl halides is 2. The number of carbonyl (C=O) groups is 1. The molecule has 2 aromatic heterocycles. The Morgan fingerprint density at radius 2 is 1.81 bits per heavy atom. The molecular weight excluding hydrogens is 470 g/mol. The highest BCUT2D eigenvalue weighted by atomic mass is 19.3. The molecule has 4 heterocycles. The summed E-state index contributed by atoms with van der Waals surface area (Å²) in [5.41, 5.74) is 8.21. The van der Waals surface area contributed by atoms with Crippen molar-refractivity contribution in [1.82, 2.24) is 19.8 Å². The fourth-order valence-corrected chi connectivity index (χ4v) is 6.18. The smallest absolute Gasteiger partial charge is 0.265 e. The van der Waals surface area contributed by atoms with Crippen molar-refractivity contribution in [2.45, 2.75) is 71.1 Å². The lowest BCUT2D eigenvalue weighted by Gasteiger charge is -2.36. The quantitative estimate of drug-likeness (QED) is 0.433. The summed E-state index contributed by atoms with van der Waals surface area (Å²) < 4.78 is 27.5. The van der Waals surface area contributed by atoms with Gasteiger partial charge >= 0.3 is 0 Å². The number of aromatic amines is 1. The van der Waals surface area contributed by atoms with Gasteiger partial charge in [-0.25, -0.2) is 8.78 Å². The molecule has 1 N–H and O–H groups in total. The maximum absolute atomic E-state index is 13.7. The summed E-state index contributed by atoms with van der Waals surface area (Å²) >= 11 is 0. The number of piperidine rings is 2. The Kier molecular flexibility index (Phi) is 7.10. The third-order valence-electron chi connectivity index (χ3n) is 7.97. The minimum absolute atomic E-state index is 0.116. The summed E-state index contributed by atoms with van der Waals surface area (Å²) in [4.78, 5) is 24.4. The molecule has 1 aromatic carbocycles. The zero-order valence-electron chi connectivity index (χ0n) is 22.4. The zero-order valence-corrected chi connectivity index (χ0v) is 22.4. The Morgan fingerprint density at radius 3 is 2.46 bits per heavy atom. The average molecular weight is 509 g/mol. The highest BCUT2D eigenvalue weighted by Gasteiger charge is 2.37. The number of rotatable bonds is 5. The van der Waals surface area contributed by atoms with E-state index in [1.165, 1.54) is 32.7 Å². The van der Waals surface area contributed by atoms with Crippen LogP contribution < -0.4 is 0 Å². The third kappa shape index (κ3) is 5.57. The van der Waals surface area contributed by atoms with Crippen molar-refractivity contribution in [3.63, 3.8) is 0 Å². The first-order valence-corrected chi connectivity index (χ1v) is 13.6. The van der Waals surface area contributed by atoms with Crippen LogP contribution in [0.2, 0.25) is 0 Å². The molecule has 0 aliphatic carbocycles. The molecule has 7 heteroatoms. The van der Waals surface area contributed by atoms with E-state index in [0.29, 0.717) is 24.8 Å². The first-order valence-electron chi connectivity index (χ1n) is 13.6. The number of likely N-dealkylation sites (tertiary alicyclic amines) is 2. The van der Waals surface area contributed by atoms with Gasteiger partial charge in [-0.3, -0.25) is 14.7 Å². The molecule has 0 bridgehead atoms. The van der Waals surface area contributed by atoms with Gasteiger partial charge in [-0.05, 0) is 93.4 Å². The number of amides is 1. The summed E-state index contributed by atoms with van der Waals surface area (Å²) in [6, 6.07) is 11.1. The van der Waals surface area contributed by atoms with Crippen LogP contribution in [0.5, 0.6) is 0 Å². The lowest BCUT2D eigenvalue weighted by atomic mass is 9.87. The number of H-pyrrole nitrogens is 1. The molecule has 1 amide bonds. The molecule has 0 atom stereocenters. The molecule has 198 valence electrons. The van der Waals surface area contributed by atoms with Gasteiger partial charge in [-0.1, -0.05) is 19.9 Å². The van der Waals surface area contributed by atoms with Crippen molar-refractivity contribution in [3.8, 4) is 11.3 Å². The molecule has 37 heavy (non-hydrogen) atoms. The van der Waals surface area contributed by atoms with Crippen molar-refractivity contribution in [2.24, 2.45) is 0 Å². The van der Waals surface area contributed by atoms with Gasteiger partial charge in [0.05, 0.1) is 18.8 Å². The van der Waals surface area contributed by atoms with Crippen molar-refractivity contribution < 1.29 is 13.6 Å². The van der Waals surface area contributed by atoms with Crippen LogP contribution >= 0.6 is 0 Å². The zero-order chi connectivity index (χ0) is 26.3. The summed E-state index contributed by atoms with van der Waals surface area (Å²) in [7, 11) is 0. The second-order valence-electron chi connectivity index (χ2n) is 11.3. The Balaban J connectivity index is 1.30. The van der Waals surface area contributed by atoms with Crippen molar-refractivity contribution >= 4 is 16.8 Å². The molecule has 2 aliphatic heterocycles. The van der Waals surface area contributed by atoms with Crippen LogP contribution in [0.4, 0.5) is 8.78 Å². The molecule has 5 nitrogen and oxygen atoms in total. The number of nitrogens with one attached hydrogen (secondary N) is 1. The van der Waals surface area contributed by atoms with Crippen molar-refractivity contribution in [2.75, 3.05) is 32.7 Å². The van der Waals surface area contributed by atoms with Crippen LogP contribution in [-0.2, 0) is 4.79 Å². The molecule has 0 unspecified atom stereocenters. The topological polar surface area (TPSA) is 52.2 Å². The first-order chi connectivity index (χ1) is 17.6. The second kappa shape index (κ2) is 10.2. The average Bonchev–Trinajstić information content (AvgIpc) is 3.22. The lowest BCUT2D eigenvalue weighted by Crippen LogP contribution is -2.49. The van der Waals surface area contributed by atoms with Crippen LogP contribution in [0.15, 0.2) is 30.3 Å². The standard InChI is InChI=1S/C30H38F2N4O/c1-19(2)28-25-16-23(6-7-26(25)34-29(28)24-14-20(3)33-21(4)15-24)22-8-12-35(13-9-22)17-27(37)36-11-5-10-30(31,32)18-36/h6-7,14-16,19,22,34H,5,8-13,17-18H2,1-4H3. The molecule has 5 rings (SSSR count). The van der Waals surface area contributed by atoms with E-state index < -0.39 is 12.5 Å². The molecular formula is C30H38F2N4O. The van der Waals surface area contributed by atoms with Crippen LogP contribution in [0.1, 0.15) is 73.9 Å². The van der Waals surface area contributed by atoms with E-state index in [2.05, 4.69) is 59.0 Å². The Morgan fingerprint density at radius 1 is 1.11 bits per heavy atom. The SMILES string of the molecule is Cc1cc(-c2[nH]c3ccc(C4CCN(CC(=O)N5CCCC(F)(F)C5)CC4)cc3c2C(C)C)cc(C)n1. The number of hydrogen-bond donors (Lipinski definition) is 1. The van der Waals surface area contributed by atoms with E-state index >= 15 is 0 Å². The molecule has 0 radical (unpaired) electrons. The van der Waals surface area contributed by atoms with Gasteiger partial charge in [0.2, 0.25) is 5.91 Å². The Bertz CT molecular complexity index is 1270. The number of fused-ring (bicyclic) bond motifs is 1. The third-order valence-corrected chi connectivity index (χ3v) is 7.97. The monoisotopic (exact) mass is 508 g/mol. The number of aromatic nitrogens is 2. The fourth-order valence-electron chi connectivity index (χ4n) is 6.18. The minimum atomic E-state index is -2.75. The van der Waals surface area contributed by atoms with Crippen LogP contribution in [0, 0.1) is 13.8 Å². The molecule has 0 spiro atoms. The Labute approximate surface area is 218 Å². The number of aryl methyl sites for hydroxylation is 2. The second-order valence-corrected chi connectivity index (χ2v) is 11.3. The van der Waals surface area contributed by atoms with Crippen molar-refractivity contribution in [3.05, 3.63) is 52.8 Å². The van der Waals surface area contributed by atoms with Crippen LogP contribution in [0.3, 0.4) is 0 Å². The Hall–Kier alpha value is -2.80. The van der Waals surface area contributed by atoms with Gasteiger partial charge in [0.15, 0.2) is 0 Å². The van der Waals surface area contributed by atoms with E-state index in [4.69, 9.17) is 0 Å². The number of hydrogen-bond acceptors (Lipinski definition) is 3. The number of benzene rings is 1. The summed E-state index contributed by atoms with van der Waals surface area (Å²) in [5, 5.41) is 1.28. The normalized spacial score (nSPS) is 19.2. The maximum Gasteiger partial charge on any atom is 0.265 e. The molecule has 0 saturated carbocycles. The van der Waals surface area contributed by atoms with Gasteiger partial charge in [0, 0.05) is 40.8 Å². The number of nitrogens with zero attached hydrogens (tertiary/aromatic N) is 3. The van der Waals surface area contributed by atoms with E-state index in [0.717, 1.165) is 42.8 Å². The lowest BCUT2D eigenvalue weighted by molar-refractivity contribution is -0.143. The first kappa shape index (κ1) is 25.8. The van der Waals surface area contributed by atoms with Crippen LogP contribution in [0.25, 0.3) is 22.2 Å². The summed E-state index contributed by atoms with van der Waals surface area (Å²) in [6.45, 7) is 10.4. The number of carbonyl (C=O) groups excluding carboxylic acids is 1. The van der Waals surface area contributed by atoms with Gasteiger partial charge in [0.25, 0.3) is 5.92 Å². The maximum atomic E-state index is 13.7. The summed E-state index contributed by atoms with van der Waals surface area (Å²) in [6.07, 6.45) is 2.19. The predicted molar refractivity (Wildman–Crippen MR) is 144 cm³/mol. The largest absolute Gasteiger partial charge is 0.354 e. The van der Waals surface area contributed by atoms with Gasteiger partial charge in [0.1, 0.15) is 0 Å². The van der Waals surface area contributed by atoms with Crippen molar-refractivity contribution in [1.29, 1.82) is 0 Å². The highest BCUT2D eigenvalue weighted by Crippen LogP contribution is 2.38. The predicted octanol–water partition coefficient (Wildman–Crippen LogP) is 6.41. The molecule has 2 saturated heterocycles. The van der Waals surface area contributed by atoms with Gasteiger partial charge < -0.3 is 9.88 Å². The fraction of sp³-hybridized carbons (Fsp3) is 0.533. The molecule has 2 aliphatic rings. The van der Waals surface area contributed by atoms with E-state index in [9.17, 15) is 13.6 Å². The van der Waals surface area contributed by atoms with E-state index in [-0.39, 0.29) is 18.9 Å². The highest BCUT2D eigenvalue weighted by molar-refractivity contribution is 5.92. The van der Waals surface area contributed by atoms with E-state index in [1.54, 1.807) is 0 Å². The van der Waals surface area contributed by atoms with E-state index in [1.807, 2.05) is 13.8 Å². The summed E-state index contributed by atoms with van der Waals surface area (Å²) in [5.74, 6) is -2.12. The van der Waals surface area contributed by atoms with Crippen LogP contribution in [-0.4, -0.2) is 64.3 Å². The number of halogens is 2.